The monoisotopic (exact) mass is 698 g/mol. The number of para-hydroxylation sites is 1. The summed E-state index contributed by atoms with van der Waals surface area (Å²) >= 11 is 0. The standard InChI is InChI=1S/C37H35FN4O7S/c38-28-19-9-8-18-27(28)33-31(50(48,49)26-16-5-2-6-17-26)22-30(34(44)41-21-11-13-24-12-7-10-20-29(24)41)42(33)32(43)23-37(35(45)46,40-36(39)47)25-14-3-1-4-15-25/h1-10,12,14-20,30-31,33H,11,13,21-23H2,(H,45,46)(H3,39,40,47). The van der Waals surface area contributed by atoms with Gasteiger partial charge in [-0.3, -0.25) is 9.59 Å². The van der Waals surface area contributed by atoms with E-state index in [0.29, 0.717) is 18.5 Å². The predicted octanol–water partition coefficient (Wildman–Crippen LogP) is 4.33. The van der Waals surface area contributed by atoms with Crippen LogP contribution in [0.25, 0.3) is 0 Å². The zero-order chi connectivity index (χ0) is 35.6. The molecule has 4 aromatic rings. The van der Waals surface area contributed by atoms with E-state index in [-0.39, 0.29) is 22.6 Å². The molecule has 11 nitrogen and oxygen atoms in total. The van der Waals surface area contributed by atoms with Crippen LogP contribution in [-0.4, -0.2) is 60.1 Å². The summed E-state index contributed by atoms with van der Waals surface area (Å²) in [6.45, 7) is 0.279. The van der Waals surface area contributed by atoms with Gasteiger partial charge in [-0.1, -0.05) is 84.9 Å². The highest BCUT2D eigenvalue weighted by molar-refractivity contribution is 7.92. The van der Waals surface area contributed by atoms with Gasteiger partial charge >= 0.3 is 12.0 Å². The van der Waals surface area contributed by atoms with Gasteiger partial charge in [0.2, 0.25) is 11.8 Å². The lowest BCUT2D eigenvalue weighted by atomic mass is 9.85. The Balaban J connectivity index is 1.55. The van der Waals surface area contributed by atoms with Crippen molar-refractivity contribution in [3.8, 4) is 0 Å². The second kappa shape index (κ2) is 13.7. The summed E-state index contributed by atoms with van der Waals surface area (Å²) in [4.78, 5) is 57.3. The average molecular weight is 699 g/mol. The highest BCUT2D eigenvalue weighted by atomic mass is 32.2. The van der Waals surface area contributed by atoms with Crippen LogP contribution >= 0.6 is 0 Å². The molecule has 0 spiro atoms. The molecular weight excluding hydrogens is 663 g/mol. The largest absolute Gasteiger partial charge is 0.479 e. The van der Waals surface area contributed by atoms with E-state index in [4.69, 9.17) is 5.73 Å². The number of halogens is 1. The lowest BCUT2D eigenvalue weighted by Gasteiger charge is -2.38. The Bertz CT molecular complexity index is 2050. The summed E-state index contributed by atoms with van der Waals surface area (Å²) in [6, 6.07) is 23.3. The maximum absolute atomic E-state index is 15.8. The number of sulfone groups is 1. The number of fused-ring (bicyclic) bond motifs is 1. The zero-order valence-corrected chi connectivity index (χ0v) is 27.6. The molecule has 1 saturated heterocycles. The predicted molar refractivity (Wildman–Crippen MR) is 182 cm³/mol. The molecule has 4 amide bonds. The molecule has 4 atom stereocenters. The number of hydrogen-bond acceptors (Lipinski definition) is 6. The molecule has 4 N–H and O–H groups in total. The molecule has 2 aliphatic rings. The topological polar surface area (TPSA) is 167 Å². The summed E-state index contributed by atoms with van der Waals surface area (Å²) in [6.07, 6.45) is -0.0788. The number of carboxylic acids is 1. The quantitative estimate of drug-likeness (QED) is 0.234. The van der Waals surface area contributed by atoms with Crippen molar-refractivity contribution < 1.29 is 37.1 Å². The van der Waals surface area contributed by atoms with Gasteiger partial charge in [0, 0.05) is 17.8 Å². The number of aryl methyl sites for hydroxylation is 1. The lowest BCUT2D eigenvalue weighted by molar-refractivity contribution is -0.151. The minimum atomic E-state index is -4.35. The number of anilines is 1. The van der Waals surface area contributed by atoms with Crippen molar-refractivity contribution in [1.82, 2.24) is 10.2 Å². The van der Waals surface area contributed by atoms with Crippen LogP contribution in [0.2, 0.25) is 0 Å². The number of aliphatic carboxylic acids is 1. The van der Waals surface area contributed by atoms with Gasteiger partial charge in [0.05, 0.1) is 22.6 Å². The van der Waals surface area contributed by atoms with Gasteiger partial charge in [-0.15, -0.1) is 0 Å². The van der Waals surface area contributed by atoms with E-state index in [1.54, 1.807) is 24.3 Å². The summed E-state index contributed by atoms with van der Waals surface area (Å²) < 4.78 is 44.7. The molecule has 0 radical (unpaired) electrons. The fourth-order valence-electron chi connectivity index (χ4n) is 7.20. The van der Waals surface area contributed by atoms with Gasteiger partial charge in [0.1, 0.15) is 11.9 Å². The van der Waals surface area contributed by atoms with E-state index in [1.807, 2.05) is 12.1 Å². The van der Waals surface area contributed by atoms with Gasteiger partial charge in [0.25, 0.3) is 0 Å². The molecule has 2 aliphatic heterocycles. The summed E-state index contributed by atoms with van der Waals surface area (Å²) in [7, 11) is -4.35. The number of rotatable bonds is 9. The van der Waals surface area contributed by atoms with Crippen LogP contribution in [0.4, 0.5) is 14.9 Å². The Hall–Kier alpha value is -5.56. The first-order chi connectivity index (χ1) is 24.0. The average Bonchev–Trinajstić information content (AvgIpc) is 3.53. The first kappa shape index (κ1) is 34.3. The van der Waals surface area contributed by atoms with Crippen LogP contribution < -0.4 is 16.0 Å². The summed E-state index contributed by atoms with van der Waals surface area (Å²) in [5.41, 5.74) is 4.36. The van der Waals surface area contributed by atoms with Gasteiger partial charge in [-0.25, -0.2) is 22.4 Å². The van der Waals surface area contributed by atoms with E-state index >= 15 is 4.39 Å². The van der Waals surface area contributed by atoms with Gasteiger partial charge in [-0.05, 0) is 54.7 Å². The number of nitrogens with one attached hydrogen (secondary N) is 1. The minimum absolute atomic E-state index is 0.00239. The maximum atomic E-state index is 15.8. The van der Waals surface area contributed by atoms with Gasteiger partial charge in [0.15, 0.2) is 15.4 Å². The first-order valence-corrected chi connectivity index (χ1v) is 17.6. The Morgan fingerprint density at radius 1 is 0.880 bits per heavy atom. The number of carbonyl (C=O) groups excluding carboxylic acids is 3. The minimum Gasteiger partial charge on any atom is -0.479 e. The molecule has 50 heavy (non-hydrogen) atoms. The van der Waals surface area contributed by atoms with Crippen molar-refractivity contribution in [2.45, 2.75) is 53.5 Å². The second-order valence-electron chi connectivity index (χ2n) is 12.4. The molecule has 0 aliphatic carbocycles. The number of nitrogens with two attached hydrogens (primary N) is 1. The number of urea groups is 1. The third-order valence-corrected chi connectivity index (χ3v) is 11.6. The molecule has 0 saturated carbocycles. The van der Waals surface area contributed by atoms with E-state index in [1.165, 1.54) is 71.6 Å². The van der Waals surface area contributed by atoms with Crippen LogP contribution in [-0.2, 0) is 36.2 Å². The van der Waals surface area contributed by atoms with Crippen molar-refractivity contribution in [2.24, 2.45) is 5.73 Å². The van der Waals surface area contributed by atoms with E-state index < -0.39 is 75.2 Å². The number of likely N-dealkylation sites (tertiary alicyclic amines) is 1. The third kappa shape index (κ3) is 6.20. The molecular formula is C37H35FN4O7S. The molecule has 4 unspecified atom stereocenters. The first-order valence-electron chi connectivity index (χ1n) is 16.1. The van der Waals surface area contributed by atoms with Gasteiger partial charge < -0.3 is 26.0 Å². The number of hydrogen-bond donors (Lipinski definition) is 3. The zero-order valence-electron chi connectivity index (χ0n) is 26.8. The Kier molecular flexibility index (Phi) is 9.43. The van der Waals surface area contributed by atoms with E-state index in [9.17, 15) is 32.7 Å². The maximum Gasteiger partial charge on any atom is 0.334 e. The molecule has 4 aromatic carbocycles. The van der Waals surface area contributed by atoms with Crippen molar-refractivity contribution in [1.29, 1.82) is 0 Å². The molecule has 13 heteroatoms. The van der Waals surface area contributed by atoms with E-state index in [2.05, 4.69) is 5.32 Å². The Labute approximate surface area is 288 Å². The smallest absolute Gasteiger partial charge is 0.334 e. The lowest BCUT2D eigenvalue weighted by Crippen LogP contribution is -2.57. The fraction of sp³-hybridized carbons (Fsp3) is 0.243. The molecule has 6 rings (SSSR count). The number of amides is 4. The SMILES string of the molecule is NC(=O)NC(CC(=O)N1C(C(=O)N2CCCc3ccccc32)CC(S(=O)(=O)c2ccccc2)C1c1ccccc1F)(C(=O)O)c1ccccc1. The van der Waals surface area contributed by atoms with Crippen LogP contribution in [0.1, 0.15) is 42.0 Å². The third-order valence-electron chi connectivity index (χ3n) is 9.47. The molecule has 0 aromatic heterocycles. The molecule has 1 fully saturated rings. The molecule has 0 bridgehead atoms. The number of primary amides is 1. The fourth-order valence-corrected chi connectivity index (χ4v) is 9.13. The van der Waals surface area contributed by atoms with Crippen molar-refractivity contribution in [2.75, 3.05) is 11.4 Å². The van der Waals surface area contributed by atoms with Gasteiger partial charge in [-0.2, -0.15) is 0 Å². The molecule has 258 valence electrons. The normalized spacial score (nSPS) is 20.0. The Morgan fingerprint density at radius 2 is 1.50 bits per heavy atom. The van der Waals surface area contributed by atoms with Crippen LogP contribution in [0, 0.1) is 5.82 Å². The second-order valence-corrected chi connectivity index (χ2v) is 14.5. The van der Waals surface area contributed by atoms with Crippen LogP contribution in [0.5, 0.6) is 0 Å². The number of benzene rings is 4. The number of carbonyl (C=O) groups is 4. The molecule has 2 heterocycles. The number of carboxylic acid groups (broad SMARTS) is 1. The van der Waals surface area contributed by atoms with Crippen LogP contribution in [0.15, 0.2) is 114 Å². The van der Waals surface area contributed by atoms with Crippen molar-refractivity contribution in [3.63, 3.8) is 0 Å². The van der Waals surface area contributed by atoms with Crippen LogP contribution in [0.3, 0.4) is 0 Å². The Morgan fingerprint density at radius 3 is 2.16 bits per heavy atom. The van der Waals surface area contributed by atoms with Crippen molar-refractivity contribution in [3.05, 3.63) is 132 Å². The van der Waals surface area contributed by atoms with E-state index in [0.717, 1.165) is 16.5 Å². The van der Waals surface area contributed by atoms with Crippen molar-refractivity contribution >= 4 is 39.3 Å². The highest BCUT2D eigenvalue weighted by Gasteiger charge is 2.56. The summed E-state index contributed by atoms with van der Waals surface area (Å²) in [5, 5.41) is 11.3. The summed E-state index contributed by atoms with van der Waals surface area (Å²) in [5.74, 6) is -4.05. The number of nitrogens with zero attached hydrogens (tertiary/aromatic N) is 2. The highest BCUT2D eigenvalue weighted by Crippen LogP contribution is 2.46.